The first-order valence-electron chi connectivity index (χ1n) is 6.31. The standard InChI is InChI=1S/C14H22N2OS/c1-4-16(11(2)3)9-10-17-13-7-5-12(6-8-13)14(15)18/h5-8,11H,4,9-10H2,1-3H3,(H2,15,18). The lowest BCUT2D eigenvalue weighted by molar-refractivity contribution is 0.183. The minimum absolute atomic E-state index is 0.415. The summed E-state index contributed by atoms with van der Waals surface area (Å²) in [7, 11) is 0. The highest BCUT2D eigenvalue weighted by atomic mass is 32.1. The molecule has 0 heterocycles. The van der Waals surface area contributed by atoms with Crippen molar-refractivity contribution < 1.29 is 4.74 Å². The van der Waals surface area contributed by atoms with Gasteiger partial charge >= 0.3 is 0 Å². The molecule has 0 atom stereocenters. The van der Waals surface area contributed by atoms with Crippen LogP contribution in [0.15, 0.2) is 24.3 Å². The summed E-state index contributed by atoms with van der Waals surface area (Å²) >= 11 is 4.90. The molecule has 1 aromatic carbocycles. The lowest BCUT2D eigenvalue weighted by atomic mass is 10.2. The molecule has 0 amide bonds. The van der Waals surface area contributed by atoms with E-state index in [1.54, 1.807) is 0 Å². The van der Waals surface area contributed by atoms with Crippen LogP contribution in [0.2, 0.25) is 0 Å². The van der Waals surface area contributed by atoms with Crippen LogP contribution in [0.3, 0.4) is 0 Å². The first-order chi connectivity index (χ1) is 8.54. The van der Waals surface area contributed by atoms with Gasteiger partial charge in [-0.15, -0.1) is 0 Å². The van der Waals surface area contributed by atoms with Gasteiger partial charge in [-0.3, -0.25) is 4.90 Å². The Morgan fingerprint density at radius 1 is 1.33 bits per heavy atom. The van der Waals surface area contributed by atoms with E-state index in [0.717, 1.165) is 24.4 Å². The molecule has 0 unspecified atom stereocenters. The maximum absolute atomic E-state index is 5.70. The predicted octanol–water partition coefficient (Wildman–Crippen LogP) is 2.43. The van der Waals surface area contributed by atoms with Crippen molar-refractivity contribution in [1.82, 2.24) is 4.90 Å². The number of benzene rings is 1. The summed E-state index contributed by atoms with van der Waals surface area (Å²) in [5, 5.41) is 0. The Hall–Kier alpha value is -1.13. The van der Waals surface area contributed by atoms with Gasteiger partial charge in [0.1, 0.15) is 17.3 Å². The molecule has 0 aliphatic carbocycles. The molecular weight excluding hydrogens is 244 g/mol. The summed E-state index contributed by atoms with van der Waals surface area (Å²) in [6.07, 6.45) is 0. The molecule has 4 heteroatoms. The SMILES string of the molecule is CCN(CCOc1ccc(C(N)=S)cc1)C(C)C. The molecule has 0 aliphatic rings. The maximum Gasteiger partial charge on any atom is 0.119 e. The zero-order valence-corrected chi connectivity index (χ0v) is 12.2. The summed E-state index contributed by atoms with van der Waals surface area (Å²) in [6.45, 7) is 9.23. The number of nitrogens with zero attached hydrogens (tertiary/aromatic N) is 1. The highest BCUT2D eigenvalue weighted by Gasteiger charge is 2.06. The summed E-state index contributed by atoms with van der Waals surface area (Å²) in [6, 6.07) is 8.13. The Morgan fingerprint density at radius 2 is 1.94 bits per heavy atom. The molecule has 0 aliphatic heterocycles. The van der Waals surface area contributed by atoms with Crippen LogP contribution in [0.5, 0.6) is 5.75 Å². The zero-order chi connectivity index (χ0) is 13.5. The number of thiocarbonyl (C=S) groups is 1. The fourth-order valence-corrected chi connectivity index (χ4v) is 1.91. The van der Waals surface area contributed by atoms with E-state index in [1.807, 2.05) is 24.3 Å². The van der Waals surface area contributed by atoms with Gasteiger partial charge in [0, 0.05) is 18.2 Å². The molecule has 2 N–H and O–H groups in total. The van der Waals surface area contributed by atoms with Gasteiger partial charge in [0.15, 0.2) is 0 Å². The van der Waals surface area contributed by atoms with Crippen molar-refractivity contribution in [2.45, 2.75) is 26.8 Å². The number of likely N-dealkylation sites (N-methyl/N-ethyl adjacent to an activating group) is 1. The van der Waals surface area contributed by atoms with E-state index in [9.17, 15) is 0 Å². The normalized spacial score (nSPS) is 10.9. The van der Waals surface area contributed by atoms with E-state index in [2.05, 4.69) is 25.7 Å². The minimum atomic E-state index is 0.415. The summed E-state index contributed by atoms with van der Waals surface area (Å²) in [4.78, 5) is 2.78. The fraction of sp³-hybridized carbons (Fsp3) is 0.500. The van der Waals surface area contributed by atoms with Crippen molar-refractivity contribution >= 4 is 17.2 Å². The molecular formula is C14H22N2OS. The van der Waals surface area contributed by atoms with Crippen LogP contribution >= 0.6 is 12.2 Å². The molecule has 0 fully saturated rings. The van der Waals surface area contributed by atoms with E-state index >= 15 is 0 Å². The van der Waals surface area contributed by atoms with Crippen molar-refractivity contribution in [2.75, 3.05) is 19.7 Å². The number of ether oxygens (including phenoxy) is 1. The van der Waals surface area contributed by atoms with Crippen LogP contribution < -0.4 is 10.5 Å². The largest absolute Gasteiger partial charge is 0.492 e. The van der Waals surface area contributed by atoms with Crippen LogP contribution in [0.4, 0.5) is 0 Å². The molecule has 0 aromatic heterocycles. The predicted molar refractivity (Wildman–Crippen MR) is 80.2 cm³/mol. The van der Waals surface area contributed by atoms with Crippen LogP contribution in [-0.2, 0) is 0 Å². The summed E-state index contributed by atoms with van der Waals surface area (Å²) in [5.41, 5.74) is 6.41. The topological polar surface area (TPSA) is 38.5 Å². The molecule has 0 bridgehead atoms. The molecule has 0 saturated heterocycles. The highest BCUT2D eigenvalue weighted by molar-refractivity contribution is 7.80. The molecule has 0 spiro atoms. The number of hydrogen-bond donors (Lipinski definition) is 1. The van der Waals surface area contributed by atoms with E-state index in [0.29, 0.717) is 17.6 Å². The number of nitrogens with two attached hydrogens (primary N) is 1. The van der Waals surface area contributed by atoms with E-state index < -0.39 is 0 Å². The van der Waals surface area contributed by atoms with Crippen molar-refractivity contribution in [1.29, 1.82) is 0 Å². The average Bonchev–Trinajstić information content (AvgIpc) is 2.34. The molecule has 0 radical (unpaired) electrons. The first kappa shape index (κ1) is 14.9. The van der Waals surface area contributed by atoms with E-state index in [4.69, 9.17) is 22.7 Å². The molecule has 1 rings (SSSR count). The third kappa shape index (κ3) is 4.63. The number of rotatable bonds is 7. The van der Waals surface area contributed by atoms with Crippen molar-refractivity contribution in [3.05, 3.63) is 29.8 Å². The van der Waals surface area contributed by atoms with Gasteiger partial charge in [0.25, 0.3) is 0 Å². The van der Waals surface area contributed by atoms with Crippen molar-refractivity contribution in [3.63, 3.8) is 0 Å². The fourth-order valence-electron chi connectivity index (χ4n) is 1.78. The van der Waals surface area contributed by atoms with Gasteiger partial charge in [-0.2, -0.15) is 0 Å². The monoisotopic (exact) mass is 266 g/mol. The lowest BCUT2D eigenvalue weighted by Crippen LogP contribution is -2.34. The van der Waals surface area contributed by atoms with Gasteiger partial charge < -0.3 is 10.5 Å². The van der Waals surface area contributed by atoms with Crippen LogP contribution in [0.1, 0.15) is 26.3 Å². The van der Waals surface area contributed by atoms with Crippen LogP contribution in [-0.4, -0.2) is 35.6 Å². The van der Waals surface area contributed by atoms with Crippen molar-refractivity contribution in [3.8, 4) is 5.75 Å². The first-order valence-corrected chi connectivity index (χ1v) is 6.72. The second-order valence-electron chi connectivity index (χ2n) is 4.46. The van der Waals surface area contributed by atoms with Gasteiger partial charge in [-0.1, -0.05) is 19.1 Å². The molecule has 3 nitrogen and oxygen atoms in total. The Balaban J connectivity index is 2.42. The second kappa shape index (κ2) is 7.34. The highest BCUT2D eigenvalue weighted by Crippen LogP contribution is 2.12. The van der Waals surface area contributed by atoms with E-state index in [-0.39, 0.29) is 0 Å². The molecule has 0 saturated carbocycles. The van der Waals surface area contributed by atoms with Crippen molar-refractivity contribution in [2.24, 2.45) is 5.73 Å². The zero-order valence-electron chi connectivity index (χ0n) is 11.3. The quantitative estimate of drug-likeness (QED) is 0.769. The van der Waals surface area contributed by atoms with Crippen LogP contribution in [0.25, 0.3) is 0 Å². The molecule has 1 aromatic rings. The Labute approximate surface area is 115 Å². The van der Waals surface area contributed by atoms with Gasteiger partial charge in [0.05, 0.1) is 0 Å². The average molecular weight is 266 g/mol. The lowest BCUT2D eigenvalue weighted by Gasteiger charge is -2.24. The molecule has 100 valence electrons. The van der Waals surface area contributed by atoms with Gasteiger partial charge in [-0.25, -0.2) is 0 Å². The Bertz CT molecular complexity index is 376. The minimum Gasteiger partial charge on any atom is -0.492 e. The summed E-state index contributed by atoms with van der Waals surface area (Å²) in [5.74, 6) is 0.856. The third-order valence-corrected chi connectivity index (χ3v) is 3.16. The van der Waals surface area contributed by atoms with E-state index in [1.165, 1.54) is 0 Å². The summed E-state index contributed by atoms with van der Waals surface area (Å²) < 4.78 is 5.70. The van der Waals surface area contributed by atoms with Gasteiger partial charge in [-0.05, 0) is 44.7 Å². The second-order valence-corrected chi connectivity index (χ2v) is 4.90. The number of hydrogen-bond acceptors (Lipinski definition) is 3. The maximum atomic E-state index is 5.70. The van der Waals surface area contributed by atoms with Crippen LogP contribution in [0, 0.1) is 0 Å². The molecule has 18 heavy (non-hydrogen) atoms. The third-order valence-electron chi connectivity index (χ3n) is 2.92. The smallest absolute Gasteiger partial charge is 0.119 e. The van der Waals surface area contributed by atoms with Gasteiger partial charge in [0.2, 0.25) is 0 Å². The Kier molecular flexibility index (Phi) is 6.09. The Morgan fingerprint density at radius 3 is 2.39 bits per heavy atom.